The maximum absolute atomic E-state index is 12.6. The zero-order valence-electron chi connectivity index (χ0n) is 14.3. The van der Waals surface area contributed by atoms with Gasteiger partial charge in [0.1, 0.15) is 12.6 Å². The second-order valence-corrected chi connectivity index (χ2v) is 6.27. The Balaban J connectivity index is 1.66. The van der Waals surface area contributed by atoms with Gasteiger partial charge in [-0.25, -0.2) is 0 Å². The van der Waals surface area contributed by atoms with Gasteiger partial charge in [-0.15, -0.1) is 0 Å². The van der Waals surface area contributed by atoms with Crippen LogP contribution in [0.25, 0.3) is 0 Å². The highest BCUT2D eigenvalue weighted by molar-refractivity contribution is 5.99. The molecule has 1 saturated heterocycles. The van der Waals surface area contributed by atoms with E-state index in [0.29, 0.717) is 18.8 Å². The van der Waals surface area contributed by atoms with Gasteiger partial charge in [0.25, 0.3) is 11.5 Å². The molecule has 1 aliphatic heterocycles. The van der Waals surface area contributed by atoms with Crippen molar-refractivity contribution >= 4 is 17.6 Å². The molecule has 8 nitrogen and oxygen atoms in total. The maximum Gasteiger partial charge on any atom is 0.251 e. The first-order chi connectivity index (χ1) is 11.9. The van der Waals surface area contributed by atoms with Crippen molar-refractivity contribution in [3.8, 4) is 0 Å². The largest absolute Gasteiger partial charge is 0.343 e. The van der Waals surface area contributed by atoms with Crippen molar-refractivity contribution < 1.29 is 9.59 Å². The Hall–Kier alpha value is -2.90. The van der Waals surface area contributed by atoms with E-state index in [2.05, 4.69) is 10.4 Å². The Labute approximate surface area is 145 Å². The number of nitrogens with one attached hydrogen (secondary N) is 1. The molecule has 132 valence electrons. The fourth-order valence-electron chi connectivity index (χ4n) is 2.92. The summed E-state index contributed by atoms with van der Waals surface area (Å²) in [7, 11) is 1.79. The topological polar surface area (TPSA) is 89.2 Å². The molecule has 2 aromatic rings. The van der Waals surface area contributed by atoms with Crippen molar-refractivity contribution in [1.29, 1.82) is 0 Å². The van der Waals surface area contributed by atoms with Gasteiger partial charge in [-0.1, -0.05) is 0 Å². The molecule has 0 spiro atoms. The van der Waals surface area contributed by atoms with Crippen molar-refractivity contribution in [2.45, 2.75) is 32.4 Å². The highest BCUT2D eigenvalue weighted by Gasteiger charge is 2.31. The predicted molar refractivity (Wildman–Crippen MR) is 92.2 cm³/mol. The van der Waals surface area contributed by atoms with Crippen LogP contribution in [0.15, 0.2) is 35.4 Å². The molecule has 3 heterocycles. The van der Waals surface area contributed by atoms with Crippen molar-refractivity contribution in [3.63, 3.8) is 0 Å². The van der Waals surface area contributed by atoms with E-state index in [1.165, 1.54) is 10.6 Å². The van der Waals surface area contributed by atoms with Gasteiger partial charge in [0.2, 0.25) is 5.91 Å². The molecule has 0 aromatic carbocycles. The second kappa shape index (κ2) is 6.92. The summed E-state index contributed by atoms with van der Waals surface area (Å²) in [6, 6.07) is 4.42. The summed E-state index contributed by atoms with van der Waals surface area (Å²) in [5.74, 6) is 0.0583. The number of amides is 2. The van der Waals surface area contributed by atoms with Gasteiger partial charge in [-0.2, -0.15) is 5.10 Å². The highest BCUT2D eigenvalue weighted by Crippen LogP contribution is 2.19. The first kappa shape index (κ1) is 16.9. The number of aryl methyl sites for hydroxylation is 2. The molecular weight excluding hydrogens is 322 g/mol. The number of anilines is 1. The number of carbonyl (C=O) groups is 2. The van der Waals surface area contributed by atoms with Crippen molar-refractivity contribution in [2.24, 2.45) is 7.05 Å². The lowest BCUT2D eigenvalue weighted by molar-refractivity contribution is -0.128. The SMILES string of the molecule is Cc1ccn(CC(=O)N[C@H]2CCCN(c3ccn(C)n3)C2=O)c(=O)c1. The number of rotatable bonds is 4. The average Bonchev–Trinajstić information content (AvgIpc) is 2.98. The molecule has 25 heavy (non-hydrogen) atoms. The van der Waals surface area contributed by atoms with Crippen LogP contribution >= 0.6 is 0 Å². The van der Waals surface area contributed by atoms with Gasteiger partial charge in [-0.3, -0.25) is 24.0 Å². The molecule has 1 N–H and O–H groups in total. The molecule has 1 fully saturated rings. The van der Waals surface area contributed by atoms with Crippen LogP contribution in [0.4, 0.5) is 5.82 Å². The quantitative estimate of drug-likeness (QED) is 0.859. The Morgan fingerprint density at radius 3 is 2.80 bits per heavy atom. The summed E-state index contributed by atoms with van der Waals surface area (Å²) in [5, 5.41) is 6.99. The first-order valence-corrected chi connectivity index (χ1v) is 8.21. The Morgan fingerprint density at radius 2 is 2.12 bits per heavy atom. The van der Waals surface area contributed by atoms with Gasteiger partial charge < -0.3 is 9.88 Å². The third kappa shape index (κ3) is 3.78. The van der Waals surface area contributed by atoms with Crippen molar-refractivity contribution in [1.82, 2.24) is 19.7 Å². The maximum atomic E-state index is 12.6. The molecule has 0 aliphatic carbocycles. The number of aromatic nitrogens is 3. The molecule has 1 atom stereocenters. The molecular formula is C17H21N5O3. The van der Waals surface area contributed by atoms with Gasteiger partial charge >= 0.3 is 0 Å². The van der Waals surface area contributed by atoms with Gasteiger partial charge in [0.15, 0.2) is 5.82 Å². The summed E-state index contributed by atoms with van der Waals surface area (Å²) < 4.78 is 2.96. The van der Waals surface area contributed by atoms with Crippen LogP contribution in [0.3, 0.4) is 0 Å². The Morgan fingerprint density at radius 1 is 1.32 bits per heavy atom. The monoisotopic (exact) mass is 343 g/mol. The minimum atomic E-state index is -0.593. The molecule has 0 radical (unpaired) electrons. The lowest BCUT2D eigenvalue weighted by Crippen LogP contribution is -2.53. The van der Waals surface area contributed by atoms with E-state index >= 15 is 0 Å². The molecule has 2 aromatic heterocycles. The Kier molecular flexibility index (Phi) is 4.69. The molecule has 2 amide bonds. The fraction of sp³-hybridized carbons (Fsp3) is 0.412. The molecule has 0 unspecified atom stereocenters. The molecule has 3 rings (SSSR count). The number of piperidine rings is 1. The smallest absolute Gasteiger partial charge is 0.251 e. The van der Waals surface area contributed by atoms with Crippen LogP contribution in [0.2, 0.25) is 0 Å². The summed E-state index contributed by atoms with van der Waals surface area (Å²) in [5.41, 5.74) is 0.607. The lowest BCUT2D eigenvalue weighted by atomic mass is 10.0. The number of nitrogens with zero attached hydrogens (tertiary/aromatic N) is 4. The van der Waals surface area contributed by atoms with Crippen LogP contribution < -0.4 is 15.8 Å². The third-order valence-corrected chi connectivity index (χ3v) is 4.22. The predicted octanol–water partition coefficient (Wildman–Crippen LogP) is 0.202. The first-order valence-electron chi connectivity index (χ1n) is 8.21. The van der Waals surface area contributed by atoms with Gasteiger partial charge in [0, 0.05) is 38.1 Å². The number of hydrogen-bond donors (Lipinski definition) is 1. The summed E-state index contributed by atoms with van der Waals surface area (Å²) in [4.78, 5) is 38.3. The van der Waals surface area contributed by atoms with E-state index in [9.17, 15) is 14.4 Å². The second-order valence-electron chi connectivity index (χ2n) is 6.27. The molecule has 0 saturated carbocycles. The normalized spacial score (nSPS) is 17.6. The van der Waals surface area contributed by atoms with E-state index < -0.39 is 6.04 Å². The molecule has 0 bridgehead atoms. The van der Waals surface area contributed by atoms with E-state index in [-0.39, 0.29) is 23.9 Å². The highest BCUT2D eigenvalue weighted by atomic mass is 16.2. The lowest BCUT2D eigenvalue weighted by Gasteiger charge is -2.31. The zero-order chi connectivity index (χ0) is 18.0. The van der Waals surface area contributed by atoms with E-state index in [1.54, 1.807) is 41.2 Å². The fourth-order valence-corrected chi connectivity index (χ4v) is 2.92. The minimum Gasteiger partial charge on any atom is -0.343 e. The van der Waals surface area contributed by atoms with Crippen LogP contribution in [-0.2, 0) is 23.2 Å². The average molecular weight is 343 g/mol. The third-order valence-electron chi connectivity index (χ3n) is 4.22. The van der Waals surface area contributed by atoms with Crippen LogP contribution in [0, 0.1) is 6.92 Å². The van der Waals surface area contributed by atoms with Crippen molar-refractivity contribution in [3.05, 3.63) is 46.5 Å². The number of carbonyl (C=O) groups excluding carboxylic acids is 2. The number of hydrogen-bond acceptors (Lipinski definition) is 4. The van der Waals surface area contributed by atoms with E-state index in [1.807, 2.05) is 6.92 Å². The van der Waals surface area contributed by atoms with Crippen LogP contribution in [-0.4, -0.2) is 38.7 Å². The van der Waals surface area contributed by atoms with Gasteiger partial charge in [0.05, 0.1) is 0 Å². The summed E-state index contributed by atoms with van der Waals surface area (Å²) in [6.07, 6.45) is 4.71. The number of pyridine rings is 1. The summed E-state index contributed by atoms with van der Waals surface area (Å²) >= 11 is 0. The minimum absolute atomic E-state index is 0.105. The molecule has 8 heteroatoms. The van der Waals surface area contributed by atoms with Crippen LogP contribution in [0.1, 0.15) is 18.4 Å². The standard InChI is InChI=1S/C17H21N5O3/c1-12-5-9-21(16(24)10-12)11-15(23)18-13-4-3-7-22(17(13)25)14-6-8-20(2)19-14/h5-6,8-10,13H,3-4,7,11H2,1-2H3,(H,18,23)/t13-/m0/s1. The van der Waals surface area contributed by atoms with E-state index in [4.69, 9.17) is 0 Å². The van der Waals surface area contributed by atoms with Gasteiger partial charge in [-0.05, 0) is 31.4 Å². The zero-order valence-corrected chi connectivity index (χ0v) is 14.3. The molecule has 1 aliphatic rings. The van der Waals surface area contributed by atoms with Crippen LogP contribution in [0.5, 0.6) is 0 Å². The van der Waals surface area contributed by atoms with Crippen molar-refractivity contribution in [2.75, 3.05) is 11.4 Å². The summed E-state index contributed by atoms with van der Waals surface area (Å²) in [6.45, 7) is 2.30. The Bertz CT molecular complexity index is 854. The van der Waals surface area contributed by atoms with E-state index in [0.717, 1.165) is 12.0 Å².